The van der Waals surface area contributed by atoms with Gasteiger partial charge in [0.1, 0.15) is 22.9 Å². The van der Waals surface area contributed by atoms with E-state index >= 15 is 0 Å². The summed E-state index contributed by atoms with van der Waals surface area (Å²) in [5, 5.41) is 2.97. The predicted octanol–water partition coefficient (Wildman–Crippen LogP) is 4.64. The number of amides is 1. The molecular formula is C23H21N3O2. The van der Waals surface area contributed by atoms with Crippen molar-refractivity contribution >= 4 is 17.4 Å². The van der Waals surface area contributed by atoms with E-state index in [4.69, 9.17) is 9.72 Å². The lowest BCUT2D eigenvalue weighted by Gasteiger charge is -2.09. The van der Waals surface area contributed by atoms with Crippen molar-refractivity contribution in [2.45, 2.75) is 13.8 Å². The lowest BCUT2D eigenvalue weighted by Crippen LogP contribution is -2.21. The zero-order valence-corrected chi connectivity index (χ0v) is 15.8. The summed E-state index contributed by atoms with van der Waals surface area (Å²) in [6.07, 6.45) is 1.92. The number of fused-ring (bicyclic) bond motifs is 1. The molecule has 4 rings (SSSR count). The Kier molecular flexibility index (Phi) is 4.81. The first-order valence-electron chi connectivity index (χ1n) is 9.13. The van der Waals surface area contributed by atoms with Gasteiger partial charge in [-0.2, -0.15) is 0 Å². The average Bonchev–Trinajstić information content (AvgIpc) is 3.05. The third kappa shape index (κ3) is 3.74. The summed E-state index contributed by atoms with van der Waals surface area (Å²) in [7, 11) is 0. The molecule has 1 N–H and O–H groups in total. The van der Waals surface area contributed by atoms with Crippen molar-refractivity contribution in [1.82, 2.24) is 9.38 Å². The van der Waals surface area contributed by atoms with E-state index in [2.05, 4.69) is 5.32 Å². The van der Waals surface area contributed by atoms with E-state index in [9.17, 15) is 4.79 Å². The van der Waals surface area contributed by atoms with Crippen LogP contribution in [0.15, 0.2) is 72.9 Å². The van der Waals surface area contributed by atoms with Gasteiger partial charge in [0, 0.05) is 11.8 Å². The normalized spacial score (nSPS) is 10.8. The van der Waals surface area contributed by atoms with Gasteiger partial charge in [0.25, 0.3) is 5.91 Å². The Morgan fingerprint density at radius 3 is 2.50 bits per heavy atom. The van der Waals surface area contributed by atoms with Crippen molar-refractivity contribution in [3.05, 3.63) is 84.1 Å². The van der Waals surface area contributed by atoms with Gasteiger partial charge in [0.05, 0.1) is 0 Å². The molecule has 140 valence electrons. The summed E-state index contributed by atoms with van der Waals surface area (Å²) in [6.45, 7) is 3.99. The van der Waals surface area contributed by atoms with Gasteiger partial charge in [-0.15, -0.1) is 0 Å². The quantitative estimate of drug-likeness (QED) is 0.556. The highest BCUT2D eigenvalue weighted by Crippen LogP contribution is 2.29. The van der Waals surface area contributed by atoms with Gasteiger partial charge in [-0.05, 0) is 43.7 Å². The molecule has 5 heteroatoms. The summed E-state index contributed by atoms with van der Waals surface area (Å²) in [4.78, 5) is 17.3. The van der Waals surface area contributed by atoms with Crippen molar-refractivity contribution in [1.29, 1.82) is 0 Å². The molecule has 5 nitrogen and oxygen atoms in total. The third-order valence-electron chi connectivity index (χ3n) is 4.48. The van der Waals surface area contributed by atoms with Crippen molar-refractivity contribution in [2.75, 3.05) is 11.9 Å². The van der Waals surface area contributed by atoms with E-state index in [0.29, 0.717) is 11.6 Å². The minimum Gasteiger partial charge on any atom is -0.484 e. The molecule has 2 aromatic heterocycles. The third-order valence-corrected chi connectivity index (χ3v) is 4.48. The molecule has 0 bridgehead atoms. The molecule has 1 amide bonds. The van der Waals surface area contributed by atoms with Crippen LogP contribution in [0.25, 0.3) is 16.9 Å². The van der Waals surface area contributed by atoms with Crippen LogP contribution in [0.4, 0.5) is 5.82 Å². The van der Waals surface area contributed by atoms with Crippen LogP contribution in [0.3, 0.4) is 0 Å². The van der Waals surface area contributed by atoms with Crippen LogP contribution in [0, 0.1) is 13.8 Å². The molecule has 0 atom stereocenters. The van der Waals surface area contributed by atoms with E-state index in [1.807, 2.05) is 91.2 Å². The Morgan fingerprint density at radius 1 is 1.00 bits per heavy atom. The number of anilines is 1. The fraction of sp³-hybridized carbons (Fsp3) is 0.130. The highest BCUT2D eigenvalue weighted by Gasteiger charge is 2.17. The van der Waals surface area contributed by atoms with E-state index in [0.717, 1.165) is 22.5 Å². The van der Waals surface area contributed by atoms with Crippen LogP contribution in [0.1, 0.15) is 11.1 Å². The average molecular weight is 371 g/mol. The van der Waals surface area contributed by atoms with Crippen LogP contribution in [0.5, 0.6) is 5.75 Å². The van der Waals surface area contributed by atoms with E-state index in [-0.39, 0.29) is 12.5 Å². The lowest BCUT2D eigenvalue weighted by atomic mass is 10.1. The summed E-state index contributed by atoms with van der Waals surface area (Å²) < 4.78 is 7.46. The van der Waals surface area contributed by atoms with Gasteiger partial charge in [-0.25, -0.2) is 4.98 Å². The summed E-state index contributed by atoms with van der Waals surface area (Å²) in [5.41, 5.74) is 4.75. The molecule has 4 aromatic rings. The summed E-state index contributed by atoms with van der Waals surface area (Å²) in [5.74, 6) is 1.06. The molecule has 0 spiro atoms. The molecule has 0 saturated carbocycles. The molecule has 0 fully saturated rings. The number of nitrogens with one attached hydrogen (secondary N) is 1. The zero-order valence-electron chi connectivity index (χ0n) is 15.8. The van der Waals surface area contributed by atoms with Gasteiger partial charge < -0.3 is 10.1 Å². The number of para-hydroxylation sites is 1. The Morgan fingerprint density at radius 2 is 1.75 bits per heavy atom. The molecule has 0 aliphatic rings. The first kappa shape index (κ1) is 17.8. The van der Waals surface area contributed by atoms with E-state index < -0.39 is 0 Å². The molecular weight excluding hydrogens is 350 g/mol. The Balaban J connectivity index is 1.65. The van der Waals surface area contributed by atoms with Crippen LogP contribution in [-0.4, -0.2) is 21.9 Å². The maximum absolute atomic E-state index is 12.6. The second-order valence-corrected chi connectivity index (χ2v) is 6.76. The van der Waals surface area contributed by atoms with Crippen molar-refractivity contribution in [3.63, 3.8) is 0 Å². The number of nitrogens with zero attached hydrogens (tertiary/aromatic N) is 2. The second-order valence-electron chi connectivity index (χ2n) is 6.76. The zero-order chi connectivity index (χ0) is 19.5. The summed E-state index contributed by atoms with van der Waals surface area (Å²) >= 11 is 0. The molecule has 2 aromatic carbocycles. The number of aromatic nitrogens is 2. The fourth-order valence-corrected chi connectivity index (χ4v) is 3.01. The molecule has 2 heterocycles. The maximum atomic E-state index is 12.6. The lowest BCUT2D eigenvalue weighted by molar-refractivity contribution is -0.118. The molecule has 0 unspecified atom stereocenters. The first-order chi connectivity index (χ1) is 13.6. The van der Waals surface area contributed by atoms with Gasteiger partial charge in [-0.3, -0.25) is 9.20 Å². The monoisotopic (exact) mass is 371 g/mol. The molecule has 0 saturated heterocycles. The minimum absolute atomic E-state index is 0.0730. The molecule has 28 heavy (non-hydrogen) atoms. The number of benzene rings is 2. The highest BCUT2D eigenvalue weighted by atomic mass is 16.5. The smallest absolute Gasteiger partial charge is 0.263 e. The standard InChI is InChI=1S/C23H21N3O2/c1-16-8-10-18(11-9-16)22-23(26-13-12-17(2)14-20(26)24-22)25-21(27)15-28-19-6-4-3-5-7-19/h3-14H,15H2,1-2H3,(H,25,27). The molecule has 0 radical (unpaired) electrons. The number of aryl methyl sites for hydroxylation is 2. The summed E-state index contributed by atoms with van der Waals surface area (Å²) in [6, 6.07) is 21.4. The molecule has 0 aliphatic carbocycles. The molecule has 0 aliphatic heterocycles. The van der Waals surface area contributed by atoms with Crippen LogP contribution in [-0.2, 0) is 4.79 Å². The second kappa shape index (κ2) is 7.56. The largest absolute Gasteiger partial charge is 0.484 e. The highest BCUT2D eigenvalue weighted by molar-refractivity contribution is 5.95. The van der Waals surface area contributed by atoms with Crippen LogP contribution >= 0.6 is 0 Å². The Bertz CT molecular complexity index is 1120. The number of hydrogen-bond acceptors (Lipinski definition) is 3. The number of rotatable bonds is 5. The van der Waals surface area contributed by atoms with Crippen LogP contribution < -0.4 is 10.1 Å². The van der Waals surface area contributed by atoms with Gasteiger partial charge in [-0.1, -0.05) is 48.0 Å². The Hall–Kier alpha value is -3.60. The maximum Gasteiger partial charge on any atom is 0.263 e. The van der Waals surface area contributed by atoms with E-state index in [1.54, 1.807) is 0 Å². The van der Waals surface area contributed by atoms with Crippen molar-refractivity contribution in [3.8, 4) is 17.0 Å². The predicted molar refractivity (Wildman–Crippen MR) is 111 cm³/mol. The van der Waals surface area contributed by atoms with Crippen LogP contribution in [0.2, 0.25) is 0 Å². The SMILES string of the molecule is Cc1ccc(-c2nc3cc(C)ccn3c2NC(=O)COc2ccccc2)cc1. The van der Waals surface area contributed by atoms with Gasteiger partial charge in [0.15, 0.2) is 6.61 Å². The topological polar surface area (TPSA) is 55.6 Å². The number of imidazole rings is 1. The number of ether oxygens (including phenoxy) is 1. The Labute approximate surface area is 163 Å². The fourth-order valence-electron chi connectivity index (χ4n) is 3.01. The van der Waals surface area contributed by atoms with Gasteiger partial charge >= 0.3 is 0 Å². The van der Waals surface area contributed by atoms with Crippen molar-refractivity contribution < 1.29 is 9.53 Å². The minimum atomic E-state index is -0.236. The number of hydrogen-bond donors (Lipinski definition) is 1. The number of carbonyl (C=O) groups excluding carboxylic acids is 1. The number of pyridine rings is 1. The van der Waals surface area contributed by atoms with Gasteiger partial charge in [0.2, 0.25) is 0 Å². The van der Waals surface area contributed by atoms with E-state index in [1.165, 1.54) is 5.56 Å². The number of carbonyl (C=O) groups is 1. The van der Waals surface area contributed by atoms with Crippen molar-refractivity contribution in [2.24, 2.45) is 0 Å². The first-order valence-corrected chi connectivity index (χ1v) is 9.13.